The molecule has 1 aromatic heterocycles. The minimum Gasteiger partial charge on any atom is -0.387 e. The number of hydrogen-bond donors (Lipinski definition) is 2. The quantitative estimate of drug-likeness (QED) is 0.697. The van der Waals surface area contributed by atoms with Crippen LogP contribution in [0.5, 0.6) is 0 Å². The number of hydrogen-bond acceptors (Lipinski definition) is 2. The lowest BCUT2D eigenvalue weighted by Gasteiger charge is -2.06. The van der Waals surface area contributed by atoms with Crippen molar-refractivity contribution in [3.05, 3.63) is 23.4 Å². The van der Waals surface area contributed by atoms with Crippen LogP contribution in [0.2, 0.25) is 0 Å². The van der Waals surface area contributed by atoms with Gasteiger partial charge in [-0.1, -0.05) is 6.07 Å². The molecule has 0 aliphatic rings. The zero-order valence-electron chi connectivity index (χ0n) is 8.10. The number of anilines is 1. The van der Waals surface area contributed by atoms with Gasteiger partial charge in [0.2, 0.25) is 0 Å². The molecule has 0 bridgehead atoms. The minimum absolute atomic E-state index is 1.04. The first-order valence-electron chi connectivity index (χ1n) is 4.36. The normalized spacial score (nSPS) is 10.7. The van der Waals surface area contributed by atoms with E-state index in [9.17, 15) is 0 Å². The van der Waals surface area contributed by atoms with Crippen molar-refractivity contribution in [2.24, 2.45) is 0 Å². The summed E-state index contributed by atoms with van der Waals surface area (Å²) in [5, 5.41) is 11.6. The first kappa shape index (κ1) is 8.10. The Bertz CT molecular complexity index is 443. The molecule has 0 amide bonds. The SMILES string of the molecule is CNc1c(C)ccc2[nH]nc(C)c12. The largest absolute Gasteiger partial charge is 0.387 e. The Morgan fingerprint density at radius 2 is 2.08 bits per heavy atom. The third-order valence-corrected chi connectivity index (χ3v) is 2.37. The van der Waals surface area contributed by atoms with Crippen LogP contribution < -0.4 is 5.32 Å². The van der Waals surface area contributed by atoms with Crippen LogP contribution in [-0.2, 0) is 0 Å². The third kappa shape index (κ3) is 1.08. The van der Waals surface area contributed by atoms with Crippen molar-refractivity contribution in [2.75, 3.05) is 12.4 Å². The van der Waals surface area contributed by atoms with Crippen LogP contribution in [0.3, 0.4) is 0 Å². The van der Waals surface area contributed by atoms with E-state index < -0.39 is 0 Å². The zero-order valence-corrected chi connectivity index (χ0v) is 8.10. The summed E-state index contributed by atoms with van der Waals surface area (Å²) in [5.74, 6) is 0. The highest BCUT2D eigenvalue weighted by Gasteiger charge is 2.07. The summed E-state index contributed by atoms with van der Waals surface area (Å²) >= 11 is 0. The molecule has 0 aliphatic carbocycles. The standard InChI is InChI=1S/C10H13N3/c1-6-4-5-8-9(10(6)11-3)7(2)12-13-8/h4-5,11H,1-3H3,(H,12,13). The van der Waals surface area contributed by atoms with Crippen molar-refractivity contribution < 1.29 is 0 Å². The van der Waals surface area contributed by atoms with Gasteiger partial charge < -0.3 is 5.32 Å². The number of rotatable bonds is 1. The summed E-state index contributed by atoms with van der Waals surface area (Å²) in [6.07, 6.45) is 0. The van der Waals surface area contributed by atoms with E-state index >= 15 is 0 Å². The molecule has 0 fully saturated rings. The third-order valence-electron chi connectivity index (χ3n) is 2.37. The van der Waals surface area contributed by atoms with Crippen LogP contribution in [-0.4, -0.2) is 17.2 Å². The molecule has 0 saturated carbocycles. The molecule has 2 aromatic rings. The second-order valence-corrected chi connectivity index (χ2v) is 3.24. The monoisotopic (exact) mass is 175 g/mol. The summed E-state index contributed by atoms with van der Waals surface area (Å²) < 4.78 is 0. The van der Waals surface area contributed by atoms with E-state index in [-0.39, 0.29) is 0 Å². The summed E-state index contributed by atoms with van der Waals surface area (Å²) in [7, 11) is 1.94. The second-order valence-electron chi connectivity index (χ2n) is 3.24. The van der Waals surface area contributed by atoms with Crippen LogP contribution in [0.1, 0.15) is 11.3 Å². The maximum atomic E-state index is 4.18. The molecule has 0 aliphatic heterocycles. The Kier molecular flexibility index (Phi) is 1.72. The molecule has 1 aromatic carbocycles. The fourth-order valence-corrected chi connectivity index (χ4v) is 1.70. The Balaban J connectivity index is 2.88. The number of benzene rings is 1. The van der Waals surface area contributed by atoms with Crippen LogP contribution >= 0.6 is 0 Å². The summed E-state index contributed by atoms with van der Waals surface area (Å²) in [5.41, 5.74) is 4.55. The molecule has 1 heterocycles. The van der Waals surface area contributed by atoms with Gasteiger partial charge in [-0.15, -0.1) is 0 Å². The van der Waals surface area contributed by atoms with Gasteiger partial charge in [0.05, 0.1) is 11.2 Å². The van der Waals surface area contributed by atoms with Crippen LogP contribution in [0.25, 0.3) is 10.9 Å². The van der Waals surface area contributed by atoms with E-state index in [0.717, 1.165) is 11.2 Å². The Morgan fingerprint density at radius 1 is 1.31 bits per heavy atom. The lowest BCUT2D eigenvalue weighted by Crippen LogP contribution is -1.92. The number of aryl methyl sites for hydroxylation is 2. The Labute approximate surface area is 77.2 Å². The van der Waals surface area contributed by atoms with E-state index in [2.05, 4.69) is 34.6 Å². The second kappa shape index (κ2) is 2.76. The molecule has 13 heavy (non-hydrogen) atoms. The molecule has 3 heteroatoms. The summed E-state index contributed by atoms with van der Waals surface area (Å²) in [6.45, 7) is 4.11. The maximum absolute atomic E-state index is 4.18. The molecule has 0 atom stereocenters. The van der Waals surface area contributed by atoms with Crippen molar-refractivity contribution in [2.45, 2.75) is 13.8 Å². The van der Waals surface area contributed by atoms with Crippen LogP contribution in [0.15, 0.2) is 12.1 Å². The van der Waals surface area contributed by atoms with Gasteiger partial charge in [-0.25, -0.2) is 0 Å². The highest BCUT2D eigenvalue weighted by Crippen LogP contribution is 2.27. The summed E-state index contributed by atoms with van der Waals surface area (Å²) in [4.78, 5) is 0. The van der Waals surface area contributed by atoms with Crippen molar-refractivity contribution in [1.82, 2.24) is 10.2 Å². The fourth-order valence-electron chi connectivity index (χ4n) is 1.70. The number of aromatic nitrogens is 2. The number of aromatic amines is 1. The molecule has 3 nitrogen and oxygen atoms in total. The molecule has 0 radical (unpaired) electrons. The lowest BCUT2D eigenvalue weighted by molar-refractivity contribution is 1.07. The number of nitrogens with zero attached hydrogens (tertiary/aromatic N) is 1. The van der Waals surface area contributed by atoms with Crippen molar-refractivity contribution in [3.63, 3.8) is 0 Å². The van der Waals surface area contributed by atoms with Crippen molar-refractivity contribution in [1.29, 1.82) is 0 Å². The molecule has 2 N–H and O–H groups in total. The van der Waals surface area contributed by atoms with E-state index in [4.69, 9.17) is 0 Å². The lowest BCUT2D eigenvalue weighted by atomic mass is 10.1. The molecular weight excluding hydrogens is 162 g/mol. The predicted octanol–water partition coefficient (Wildman–Crippen LogP) is 2.22. The van der Waals surface area contributed by atoms with Crippen molar-refractivity contribution in [3.8, 4) is 0 Å². The van der Waals surface area contributed by atoms with Gasteiger partial charge in [0.1, 0.15) is 0 Å². The van der Waals surface area contributed by atoms with E-state index in [1.165, 1.54) is 16.6 Å². The van der Waals surface area contributed by atoms with E-state index in [0.29, 0.717) is 0 Å². The highest BCUT2D eigenvalue weighted by atomic mass is 15.1. The van der Waals surface area contributed by atoms with Crippen LogP contribution in [0.4, 0.5) is 5.69 Å². The van der Waals surface area contributed by atoms with Gasteiger partial charge in [-0.2, -0.15) is 5.10 Å². The van der Waals surface area contributed by atoms with Gasteiger partial charge in [0, 0.05) is 18.1 Å². The average Bonchev–Trinajstić information content (AvgIpc) is 2.49. The smallest absolute Gasteiger partial charge is 0.0690 e. The molecule has 0 unspecified atom stereocenters. The van der Waals surface area contributed by atoms with Crippen LogP contribution in [0, 0.1) is 13.8 Å². The Hall–Kier alpha value is -1.51. The predicted molar refractivity (Wildman–Crippen MR) is 55.1 cm³/mol. The number of fused-ring (bicyclic) bond motifs is 1. The van der Waals surface area contributed by atoms with Gasteiger partial charge in [-0.05, 0) is 25.5 Å². The molecule has 0 spiro atoms. The molecule has 68 valence electrons. The topological polar surface area (TPSA) is 40.7 Å². The molecule has 2 rings (SSSR count). The number of nitrogens with one attached hydrogen (secondary N) is 2. The average molecular weight is 175 g/mol. The highest BCUT2D eigenvalue weighted by molar-refractivity contribution is 5.95. The first-order valence-corrected chi connectivity index (χ1v) is 4.36. The van der Waals surface area contributed by atoms with Crippen molar-refractivity contribution >= 4 is 16.6 Å². The van der Waals surface area contributed by atoms with Gasteiger partial charge in [0.25, 0.3) is 0 Å². The minimum atomic E-state index is 1.04. The van der Waals surface area contributed by atoms with E-state index in [1.54, 1.807) is 0 Å². The fraction of sp³-hybridized carbons (Fsp3) is 0.300. The molecule has 0 saturated heterocycles. The maximum Gasteiger partial charge on any atom is 0.0690 e. The Morgan fingerprint density at radius 3 is 2.77 bits per heavy atom. The van der Waals surface area contributed by atoms with Gasteiger partial charge in [-0.3, -0.25) is 5.10 Å². The van der Waals surface area contributed by atoms with Gasteiger partial charge >= 0.3 is 0 Å². The number of H-pyrrole nitrogens is 1. The van der Waals surface area contributed by atoms with E-state index in [1.807, 2.05) is 14.0 Å². The first-order chi connectivity index (χ1) is 6.24. The summed E-state index contributed by atoms with van der Waals surface area (Å²) in [6, 6.07) is 4.15. The molecular formula is C10H13N3. The van der Waals surface area contributed by atoms with Gasteiger partial charge in [0.15, 0.2) is 0 Å². The zero-order chi connectivity index (χ0) is 9.42.